The number of nitrogens with one attached hydrogen (secondary N) is 3. The largest absolute Gasteiger partial charge is 0.370 e. The van der Waals surface area contributed by atoms with Gasteiger partial charge in [-0.25, -0.2) is 4.98 Å². The first kappa shape index (κ1) is 24.1. The molecule has 1 aliphatic heterocycles. The van der Waals surface area contributed by atoms with Gasteiger partial charge in [-0.15, -0.1) is 0 Å². The Kier molecular flexibility index (Phi) is 8.46. The van der Waals surface area contributed by atoms with Gasteiger partial charge in [-0.3, -0.25) is 10.2 Å². The third kappa shape index (κ3) is 6.11. The Morgan fingerprint density at radius 3 is 2.71 bits per heavy atom. The van der Waals surface area contributed by atoms with Gasteiger partial charge in [0.1, 0.15) is 12.4 Å². The van der Waals surface area contributed by atoms with E-state index in [-0.39, 0.29) is 12.5 Å². The molecular formula is C26H36N6O2. The minimum atomic E-state index is -0.0390. The van der Waals surface area contributed by atoms with Crippen LogP contribution in [0.2, 0.25) is 0 Å². The van der Waals surface area contributed by atoms with Crippen LogP contribution in [0, 0.1) is 11.3 Å². The van der Waals surface area contributed by atoms with E-state index in [0.29, 0.717) is 42.1 Å². The molecule has 0 spiro atoms. The Morgan fingerprint density at radius 1 is 1.18 bits per heavy atom. The summed E-state index contributed by atoms with van der Waals surface area (Å²) in [5.41, 5.74) is 2.64. The molecule has 2 aromatic rings. The van der Waals surface area contributed by atoms with Crippen LogP contribution >= 0.6 is 0 Å². The quantitative estimate of drug-likeness (QED) is 0.354. The highest BCUT2D eigenvalue weighted by Crippen LogP contribution is 2.26. The summed E-state index contributed by atoms with van der Waals surface area (Å²) >= 11 is 0. The highest BCUT2D eigenvalue weighted by atomic mass is 16.5. The number of anilines is 3. The van der Waals surface area contributed by atoms with Gasteiger partial charge >= 0.3 is 0 Å². The van der Waals surface area contributed by atoms with Gasteiger partial charge in [-0.2, -0.15) is 4.98 Å². The molecule has 2 fully saturated rings. The molecule has 2 aliphatic rings. The van der Waals surface area contributed by atoms with Gasteiger partial charge < -0.3 is 20.3 Å². The van der Waals surface area contributed by atoms with E-state index in [1.807, 2.05) is 24.3 Å². The van der Waals surface area contributed by atoms with Crippen molar-refractivity contribution >= 4 is 29.1 Å². The van der Waals surface area contributed by atoms with Crippen LogP contribution in [0.3, 0.4) is 0 Å². The zero-order chi connectivity index (χ0) is 23.8. The average Bonchev–Trinajstić information content (AvgIpc) is 2.88. The average molecular weight is 465 g/mol. The Labute approximate surface area is 202 Å². The molecule has 1 aromatic carbocycles. The zero-order valence-corrected chi connectivity index (χ0v) is 20.1. The third-order valence-corrected chi connectivity index (χ3v) is 6.61. The van der Waals surface area contributed by atoms with Gasteiger partial charge in [0, 0.05) is 37.1 Å². The first-order chi connectivity index (χ1) is 16.7. The maximum atomic E-state index is 12.1. The molecule has 8 heteroatoms. The van der Waals surface area contributed by atoms with E-state index in [2.05, 4.69) is 22.5 Å². The molecule has 0 unspecified atom stereocenters. The lowest BCUT2D eigenvalue weighted by molar-refractivity contribution is -0.125. The van der Waals surface area contributed by atoms with Crippen LogP contribution in [0.5, 0.6) is 0 Å². The second-order valence-corrected chi connectivity index (χ2v) is 9.14. The van der Waals surface area contributed by atoms with Gasteiger partial charge in [0.15, 0.2) is 0 Å². The monoisotopic (exact) mass is 464 g/mol. The molecule has 1 aliphatic carbocycles. The van der Waals surface area contributed by atoms with Crippen molar-refractivity contribution in [1.82, 2.24) is 9.97 Å². The van der Waals surface area contributed by atoms with Crippen LogP contribution in [-0.2, 0) is 9.53 Å². The summed E-state index contributed by atoms with van der Waals surface area (Å²) in [5.74, 6) is 1.91. The summed E-state index contributed by atoms with van der Waals surface area (Å²) in [6, 6.07) is 7.56. The molecule has 8 nitrogen and oxygen atoms in total. The van der Waals surface area contributed by atoms with Crippen molar-refractivity contribution in [2.24, 2.45) is 5.92 Å². The van der Waals surface area contributed by atoms with Crippen molar-refractivity contribution in [2.45, 2.75) is 51.9 Å². The lowest BCUT2D eigenvalue weighted by Crippen LogP contribution is -2.41. The first-order valence-electron chi connectivity index (χ1n) is 12.6. The number of hydrogen-bond donors (Lipinski definition) is 3. The van der Waals surface area contributed by atoms with Crippen molar-refractivity contribution in [1.29, 1.82) is 5.41 Å². The number of unbranched alkanes of at least 4 members (excludes halogenated alkanes) is 1. The number of carbonyl (C=O) groups is 1. The van der Waals surface area contributed by atoms with Crippen LogP contribution in [-0.4, -0.2) is 54.4 Å². The summed E-state index contributed by atoms with van der Waals surface area (Å²) in [5, 5.41) is 15.7. The summed E-state index contributed by atoms with van der Waals surface area (Å²) in [6.07, 6.45) is 10.3. The number of carbonyl (C=O) groups excluding carboxylic acids is 1. The van der Waals surface area contributed by atoms with Crippen molar-refractivity contribution in [3.63, 3.8) is 0 Å². The normalized spacial score (nSPS) is 17.0. The fourth-order valence-electron chi connectivity index (χ4n) is 4.55. The third-order valence-electron chi connectivity index (χ3n) is 6.61. The number of hydrogen-bond acceptors (Lipinski definition) is 7. The topological polar surface area (TPSA) is 103 Å². The standard InChI is InChI=1S/C26H36N6O2/c1-2-3-13-28-26-30-17-22(25(31-26)29-16-19-7-5-4-6-8-19)24(27)20-9-11-21(12-10-20)32-14-15-34-18-23(32)33/h9-12,17,19,27H,2-8,13-16,18H2,1H3,(H2,28,29,30,31). The molecule has 3 N–H and O–H groups in total. The number of ether oxygens (including phenoxy) is 1. The van der Waals surface area contributed by atoms with E-state index in [9.17, 15) is 4.79 Å². The summed E-state index contributed by atoms with van der Waals surface area (Å²) < 4.78 is 5.22. The molecule has 2 heterocycles. The van der Waals surface area contributed by atoms with Gasteiger partial charge in [-0.1, -0.05) is 44.7 Å². The summed E-state index contributed by atoms with van der Waals surface area (Å²) in [6.45, 7) is 5.05. The first-order valence-corrected chi connectivity index (χ1v) is 12.6. The Hall–Kier alpha value is -3.00. The van der Waals surface area contributed by atoms with E-state index >= 15 is 0 Å². The maximum absolute atomic E-state index is 12.1. The number of morpholine rings is 1. The van der Waals surface area contributed by atoms with E-state index < -0.39 is 0 Å². The molecule has 1 aromatic heterocycles. The highest BCUT2D eigenvalue weighted by molar-refractivity contribution is 6.13. The van der Waals surface area contributed by atoms with Crippen LogP contribution in [0.25, 0.3) is 0 Å². The number of benzene rings is 1. The fraction of sp³-hybridized carbons (Fsp3) is 0.538. The molecule has 34 heavy (non-hydrogen) atoms. The van der Waals surface area contributed by atoms with Crippen LogP contribution in [0.4, 0.5) is 17.5 Å². The van der Waals surface area contributed by atoms with Crippen molar-refractivity contribution in [3.8, 4) is 0 Å². The molecule has 0 radical (unpaired) electrons. The predicted octanol–water partition coefficient (Wildman–Crippen LogP) is 4.46. The van der Waals surface area contributed by atoms with E-state index in [4.69, 9.17) is 15.1 Å². The Bertz CT molecular complexity index is 972. The zero-order valence-electron chi connectivity index (χ0n) is 20.1. The van der Waals surface area contributed by atoms with Gasteiger partial charge in [-0.05, 0) is 37.3 Å². The number of rotatable bonds is 10. The summed E-state index contributed by atoms with van der Waals surface area (Å²) in [7, 11) is 0. The molecule has 4 rings (SSSR count). The molecule has 1 saturated heterocycles. The number of amides is 1. The van der Waals surface area contributed by atoms with Crippen LogP contribution in [0.15, 0.2) is 30.5 Å². The van der Waals surface area contributed by atoms with Gasteiger partial charge in [0.05, 0.1) is 17.9 Å². The molecule has 0 bridgehead atoms. The van der Waals surface area contributed by atoms with E-state index in [1.165, 1.54) is 32.1 Å². The predicted molar refractivity (Wildman–Crippen MR) is 136 cm³/mol. The molecule has 1 amide bonds. The van der Waals surface area contributed by atoms with E-state index in [0.717, 1.165) is 37.2 Å². The lowest BCUT2D eigenvalue weighted by atomic mass is 9.89. The lowest BCUT2D eigenvalue weighted by Gasteiger charge is -2.27. The molecular weight excluding hydrogens is 428 g/mol. The Balaban J connectivity index is 1.51. The second kappa shape index (κ2) is 11.9. The minimum Gasteiger partial charge on any atom is -0.370 e. The fourth-order valence-corrected chi connectivity index (χ4v) is 4.55. The number of nitrogens with zero attached hydrogens (tertiary/aromatic N) is 3. The van der Waals surface area contributed by atoms with E-state index in [1.54, 1.807) is 11.1 Å². The van der Waals surface area contributed by atoms with Crippen LogP contribution in [0.1, 0.15) is 63.0 Å². The van der Waals surface area contributed by atoms with Crippen molar-refractivity contribution in [3.05, 3.63) is 41.6 Å². The maximum Gasteiger partial charge on any atom is 0.253 e. The smallest absolute Gasteiger partial charge is 0.253 e. The molecule has 182 valence electrons. The molecule has 0 atom stereocenters. The second-order valence-electron chi connectivity index (χ2n) is 9.14. The highest BCUT2D eigenvalue weighted by Gasteiger charge is 2.21. The van der Waals surface area contributed by atoms with Gasteiger partial charge in [0.2, 0.25) is 5.95 Å². The SMILES string of the molecule is CCCCNc1ncc(C(=N)c2ccc(N3CCOCC3=O)cc2)c(NCC2CCCCC2)n1. The van der Waals surface area contributed by atoms with Crippen molar-refractivity contribution in [2.75, 3.05) is 48.4 Å². The number of aromatic nitrogens is 2. The summed E-state index contributed by atoms with van der Waals surface area (Å²) in [4.78, 5) is 23.1. The van der Waals surface area contributed by atoms with Crippen molar-refractivity contribution < 1.29 is 9.53 Å². The van der Waals surface area contributed by atoms with Crippen LogP contribution < -0.4 is 15.5 Å². The minimum absolute atomic E-state index is 0.0390. The Morgan fingerprint density at radius 2 is 1.97 bits per heavy atom. The van der Waals surface area contributed by atoms with Gasteiger partial charge in [0.25, 0.3) is 5.91 Å². The molecule has 1 saturated carbocycles.